The minimum absolute atomic E-state index is 0.259. The van der Waals surface area contributed by atoms with Crippen LogP contribution in [0.2, 0.25) is 0 Å². The summed E-state index contributed by atoms with van der Waals surface area (Å²) in [6, 6.07) is 9.76. The van der Waals surface area contributed by atoms with Crippen LogP contribution in [-0.2, 0) is 11.8 Å². The molecule has 0 spiro atoms. The maximum absolute atomic E-state index is 2.28. The summed E-state index contributed by atoms with van der Waals surface area (Å²) in [5, 5.41) is 0. The number of hydrogen-bond donors (Lipinski definition) is 0. The van der Waals surface area contributed by atoms with Crippen LogP contribution in [0.1, 0.15) is 45.2 Å². The lowest BCUT2D eigenvalue weighted by Gasteiger charge is -2.21. The van der Waals surface area contributed by atoms with Crippen molar-refractivity contribution < 1.29 is 0 Å². The monoisotopic (exact) mass is 233 g/mol. The zero-order valence-electron chi connectivity index (χ0n) is 12.2. The van der Waals surface area contributed by atoms with Gasteiger partial charge in [0.25, 0.3) is 0 Å². The lowest BCUT2D eigenvalue weighted by atomic mass is 9.86. The van der Waals surface area contributed by atoms with Crippen molar-refractivity contribution in [2.24, 2.45) is 0 Å². The Hall–Kier alpha value is -0.820. The third-order valence-electron chi connectivity index (χ3n) is 3.55. The van der Waals surface area contributed by atoms with Crippen LogP contribution in [0.4, 0.5) is 0 Å². The molecule has 1 aromatic rings. The molecule has 1 nitrogen and oxygen atoms in total. The van der Waals surface area contributed by atoms with Crippen LogP contribution in [0.5, 0.6) is 0 Å². The van der Waals surface area contributed by atoms with Crippen LogP contribution in [0.25, 0.3) is 0 Å². The summed E-state index contributed by atoms with van der Waals surface area (Å²) in [6.45, 7) is 9.06. The Balaban J connectivity index is 2.57. The van der Waals surface area contributed by atoms with Crippen LogP contribution >= 0.6 is 0 Å². The number of hydrogen-bond acceptors (Lipinski definition) is 1. The summed E-state index contributed by atoms with van der Waals surface area (Å²) in [4.78, 5) is 2.28. The first-order chi connectivity index (χ1) is 7.80. The van der Waals surface area contributed by atoms with Gasteiger partial charge < -0.3 is 4.90 Å². The first kappa shape index (κ1) is 14.2. The average Bonchev–Trinajstić information content (AvgIpc) is 2.25. The summed E-state index contributed by atoms with van der Waals surface area (Å²) < 4.78 is 0. The predicted octanol–water partition coefficient (Wildman–Crippen LogP) is 3.87. The molecule has 0 bridgehead atoms. The van der Waals surface area contributed by atoms with Gasteiger partial charge in [-0.15, -0.1) is 0 Å². The lowest BCUT2D eigenvalue weighted by Crippen LogP contribution is -2.24. The summed E-state index contributed by atoms with van der Waals surface area (Å²) in [5.74, 6) is 0. The minimum atomic E-state index is 0.259. The van der Waals surface area contributed by atoms with Gasteiger partial charge in [-0.2, -0.15) is 0 Å². The van der Waals surface area contributed by atoms with Gasteiger partial charge in [-0.3, -0.25) is 0 Å². The maximum atomic E-state index is 2.28. The van der Waals surface area contributed by atoms with Gasteiger partial charge in [0, 0.05) is 6.04 Å². The minimum Gasteiger partial charge on any atom is -0.307 e. The van der Waals surface area contributed by atoms with Crippen molar-refractivity contribution in [3.05, 3.63) is 35.4 Å². The molecule has 1 atom stereocenters. The van der Waals surface area contributed by atoms with Crippen LogP contribution in [0.15, 0.2) is 24.3 Å². The molecule has 0 saturated heterocycles. The first-order valence-corrected chi connectivity index (χ1v) is 6.56. The Bertz CT molecular complexity index is 330. The summed E-state index contributed by atoms with van der Waals surface area (Å²) in [7, 11) is 4.29. The van der Waals surface area contributed by atoms with E-state index >= 15 is 0 Å². The first-order valence-electron chi connectivity index (χ1n) is 6.56. The second kappa shape index (κ2) is 5.68. The number of rotatable bonds is 4. The largest absolute Gasteiger partial charge is 0.307 e. The number of benzene rings is 1. The molecule has 1 rings (SSSR count). The van der Waals surface area contributed by atoms with Crippen LogP contribution < -0.4 is 0 Å². The van der Waals surface area contributed by atoms with E-state index < -0.39 is 0 Å². The molecule has 0 radical (unpaired) electrons. The molecule has 0 aliphatic heterocycles. The van der Waals surface area contributed by atoms with Crippen molar-refractivity contribution in [1.29, 1.82) is 0 Å². The zero-order chi connectivity index (χ0) is 13.1. The zero-order valence-corrected chi connectivity index (χ0v) is 12.2. The molecule has 0 fully saturated rings. The predicted molar refractivity (Wildman–Crippen MR) is 76.6 cm³/mol. The summed E-state index contributed by atoms with van der Waals surface area (Å²) in [6.07, 6.45) is 2.39. The lowest BCUT2D eigenvalue weighted by molar-refractivity contribution is 0.299. The summed E-state index contributed by atoms with van der Waals surface area (Å²) >= 11 is 0. The van der Waals surface area contributed by atoms with Gasteiger partial charge in [-0.1, -0.05) is 45.0 Å². The van der Waals surface area contributed by atoms with Crippen molar-refractivity contribution in [2.75, 3.05) is 14.1 Å². The van der Waals surface area contributed by atoms with E-state index in [1.165, 1.54) is 24.0 Å². The molecule has 0 N–H and O–H groups in total. The standard InChI is InChI=1S/C16H27N/c1-13(17(5)6)7-8-14-9-11-15(12-10-14)16(2,3)4/h9-13H,7-8H2,1-6H3. The second-order valence-corrected chi connectivity index (χ2v) is 6.30. The van der Waals surface area contributed by atoms with Crippen molar-refractivity contribution in [1.82, 2.24) is 4.90 Å². The molecule has 1 unspecified atom stereocenters. The van der Waals surface area contributed by atoms with Gasteiger partial charge in [0.2, 0.25) is 0 Å². The van der Waals surface area contributed by atoms with E-state index in [4.69, 9.17) is 0 Å². The van der Waals surface area contributed by atoms with E-state index in [1.54, 1.807) is 0 Å². The van der Waals surface area contributed by atoms with Crippen molar-refractivity contribution in [2.45, 2.75) is 52.0 Å². The van der Waals surface area contributed by atoms with Crippen LogP contribution in [0, 0.1) is 0 Å². The van der Waals surface area contributed by atoms with Crippen molar-refractivity contribution in [3.63, 3.8) is 0 Å². The van der Waals surface area contributed by atoms with E-state index in [0.29, 0.717) is 6.04 Å². The molecule has 0 saturated carbocycles. The molecule has 96 valence electrons. The van der Waals surface area contributed by atoms with Gasteiger partial charge in [0.15, 0.2) is 0 Å². The van der Waals surface area contributed by atoms with Crippen molar-refractivity contribution >= 4 is 0 Å². The molecule has 0 aliphatic rings. The van der Waals surface area contributed by atoms with E-state index in [2.05, 4.69) is 71.0 Å². The fourth-order valence-electron chi connectivity index (χ4n) is 1.81. The fourth-order valence-corrected chi connectivity index (χ4v) is 1.81. The van der Waals surface area contributed by atoms with Gasteiger partial charge in [0.05, 0.1) is 0 Å². The summed E-state index contributed by atoms with van der Waals surface area (Å²) in [5.41, 5.74) is 3.13. The molecular formula is C16H27N. The third-order valence-corrected chi connectivity index (χ3v) is 3.55. The van der Waals surface area contributed by atoms with Gasteiger partial charge in [-0.25, -0.2) is 0 Å². The Morgan fingerprint density at radius 2 is 1.59 bits per heavy atom. The molecule has 1 aromatic carbocycles. The Kier molecular flexibility index (Phi) is 4.76. The van der Waals surface area contributed by atoms with Gasteiger partial charge >= 0.3 is 0 Å². The Morgan fingerprint density at radius 1 is 1.06 bits per heavy atom. The molecule has 0 aliphatic carbocycles. The van der Waals surface area contributed by atoms with Gasteiger partial charge in [-0.05, 0) is 50.4 Å². The average molecular weight is 233 g/mol. The smallest absolute Gasteiger partial charge is 0.00640 e. The quantitative estimate of drug-likeness (QED) is 0.763. The van der Waals surface area contributed by atoms with E-state index in [1.807, 2.05) is 0 Å². The molecule has 17 heavy (non-hydrogen) atoms. The van der Waals surface area contributed by atoms with Crippen molar-refractivity contribution in [3.8, 4) is 0 Å². The topological polar surface area (TPSA) is 3.24 Å². The fraction of sp³-hybridized carbons (Fsp3) is 0.625. The molecular weight excluding hydrogens is 206 g/mol. The van der Waals surface area contributed by atoms with E-state index in [0.717, 1.165) is 0 Å². The molecule has 0 heterocycles. The highest BCUT2D eigenvalue weighted by atomic mass is 15.1. The maximum Gasteiger partial charge on any atom is 0.00640 e. The Labute approximate surface area is 107 Å². The number of nitrogens with zero attached hydrogens (tertiary/aromatic N) is 1. The Morgan fingerprint density at radius 3 is 2.00 bits per heavy atom. The van der Waals surface area contributed by atoms with E-state index in [-0.39, 0.29) is 5.41 Å². The molecule has 1 heteroatoms. The highest BCUT2D eigenvalue weighted by Crippen LogP contribution is 2.22. The van der Waals surface area contributed by atoms with Crippen LogP contribution in [-0.4, -0.2) is 25.0 Å². The highest BCUT2D eigenvalue weighted by Gasteiger charge is 2.13. The molecule has 0 amide bonds. The van der Waals surface area contributed by atoms with Crippen LogP contribution in [0.3, 0.4) is 0 Å². The normalized spacial score (nSPS) is 14.1. The molecule has 0 aromatic heterocycles. The number of aryl methyl sites for hydroxylation is 1. The van der Waals surface area contributed by atoms with E-state index in [9.17, 15) is 0 Å². The highest BCUT2D eigenvalue weighted by molar-refractivity contribution is 5.27. The van der Waals surface area contributed by atoms with Gasteiger partial charge in [0.1, 0.15) is 0 Å². The second-order valence-electron chi connectivity index (χ2n) is 6.30. The SMILES string of the molecule is CC(CCc1ccc(C(C)(C)C)cc1)N(C)C. The third kappa shape index (κ3) is 4.51.